The second-order valence-electron chi connectivity index (χ2n) is 6.70. The standard InChI is InChI=1S/C20H32O2/c1-7-20(6,22)13-9-12-17(4)10-8-11-18(5)15-19(21)14-16(2)3/h7,9,11-13,16,22H,1,8,10,14-15H2,2-6H3. The lowest BCUT2D eigenvalue weighted by Gasteiger charge is -2.11. The van der Waals surface area contributed by atoms with Crippen LogP contribution >= 0.6 is 0 Å². The molecule has 0 aromatic heterocycles. The molecular formula is C20H32O2. The number of rotatable bonds is 10. The van der Waals surface area contributed by atoms with Crippen LogP contribution in [0.2, 0.25) is 0 Å². The summed E-state index contributed by atoms with van der Waals surface area (Å²) in [7, 11) is 0. The van der Waals surface area contributed by atoms with E-state index in [1.807, 2.05) is 19.1 Å². The monoisotopic (exact) mass is 304 g/mol. The first-order valence-corrected chi connectivity index (χ1v) is 8.04. The molecule has 0 spiro atoms. The molecule has 0 radical (unpaired) electrons. The van der Waals surface area contributed by atoms with Crippen LogP contribution in [-0.2, 0) is 4.79 Å². The van der Waals surface area contributed by atoms with Gasteiger partial charge in [-0.15, -0.1) is 0 Å². The van der Waals surface area contributed by atoms with Crippen molar-refractivity contribution in [2.45, 2.75) is 65.9 Å². The molecule has 0 aliphatic rings. The number of carbonyl (C=O) groups is 1. The van der Waals surface area contributed by atoms with E-state index in [-0.39, 0.29) is 0 Å². The van der Waals surface area contributed by atoms with Crippen LogP contribution in [0, 0.1) is 5.92 Å². The molecule has 0 aliphatic heterocycles. The predicted octanol–water partition coefficient (Wildman–Crippen LogP) is 5.16. The fourth-order valence-corrected chi connectivity index (χ4v) is 2.02. The van der Waals surface area contributed by atoms with Crippen LogP contribution in [0.1, 0.15) is 60.3 Å². The second kappa shape index (κ2) is 10.3. The molecule has 1 N–H and O–H groups in total. The summed E-state index contributed by atoms with van der Waals surface area (Å²) in [6.07, 6.45) is 12.4. The van der Waals surface area contributed by atoms with E-state index in [1.165, 1.54) is 11.6 Å². The molecular weight excluding hydrogens is 272 g/mol. The van der Waals surface area contributed by atoms with Crippen molar-refractivity contribution >= 4 is 5.78 Å². The predicted molar refractivity (Wildman–Crippen MR) is 95.8 cm³/mol. The summed E-state index contributed by atoms with van der Waals surface area (Å²) < 4.78 is 0. The zero-order valence-electron chi connectivity index (χ0n) is 14.9. The minimum Gasteiger partial charge on any atom is -0.382 e. The Hall–Kier alpha value is -1.41. The highest BCUT2D eigenvalue weighted by Gasteiger charge is 2.08. The van der Waals surface area contributed by atoms with Gasteiger partial charge in [-0.3, -0.25) is 4.79 Å². The first-order chi connectivity index (χ1) is 10.2. The summed E-state index contributed by atoms with van der Waals surface area (Å²) in [5, 5.41) is 9.76. The third-order valence-electron chi connectivity index (χ3n) is 3.37. The third-order valence-corrected chi connectivity index (χ3v) is 3.37. The van der Waals surface area contributed by atoms with Crippen LogP contribution in [0.25, 0.3) is 0 Å². The van der Waals surface area contributed by atoms with E-state index >= 15 is 0 Å². The summed E-state index contributed by atoms with van der Waals surface area (Å²) in [6, 6.07) is 0. The van der Waals surface area contributed by atoms with Gasteiger partial charge in [0, 0.05) is 12.8 Å². The molecule has 0 aromatic carbocycles. The van der Waals surface area contributed by atoms with Crippen molar-refractivity contribution in [3.8, 4) is 0 Å². The maximum absolute atomic E-state index is 11.7. The zero-order chi connectivity index (χ0) is 17.2. The Balaban J connectivity index is 4.24. The average molecular weight is 304 g/mol. The van der Waals surface area contributed by atoms with E-state index < -0.39 is 5.60 Å². The summed E-state index contributed by atoms with van der Waals surface area (Å²) >= 11 is 0. The molecule has 0 saturated carbocycles. The number of allylic oxidation sites excluding steroid dienone is 5. The van der Waals surface area contributed by atoms with Crippen molar-refractivity contribution in [2.24, 2.45) is 5.92 Å². The van der Waals surface area contributed by atoms with Gasteiger partial charge in [-0.05, 0) is 45.6 Å². The molecule has 0 fully saturated rings. The largest absolute Gasteiger partial charge is 0.382 e. The minimum absolute atomic E-state index is 0.325. The lowest BCUT2D eigenvalue weighted by atomic mass is 10.0. The number of Topliss-reactive ketones (excluding diaryl/α,β-unsaturated/α-hetero) is 1. The number of ketones is 1. The van der Waals surface area contributed by atoms with E-state index in [9.17, 15) is 9.90 Å². The molecule has 1 unspecified atom stereocenters. The van der Waals surface area contributed by atoms with Gasteiger partial charge in [0.15, 0.2) is 0 Å². The normalized spacial score (nSPS) is 16.1. The van der Waals surface area contributed by atoms with Crippen molar-refractivity contribution < 1.29 is 9.90 Å². The van der Waals surface area contributed by atoms with E-state index in [0.29, 0.717) is 24.5 Å². The van der Waals surface area contributed by atoms with Gasteiger partial charge < -0.3 is 5.11 Å². The molecule has 0 bridgehead atoms. The van der Waals surface area contributed by atoms with Crippen LogP contribution in [0.3, 0.4) is 0 Å². The van der Waals surface area contributed by atoms with Gasteiger partial charge in [-0.25, -0.2) is 0 Å². The van der Waals surface area contributed by atoms with Crippen molar-refractivity contribution in [1.82, 2.24) is 0 Å². The topological polar surface area (TPSA) is 37.3 Å². The average Bonchev–Trinajstić information content (AvgIpc) is 2.37. The molecule has 1 atom stereocenters. The lowest BCUT2D eigenvalue weighted by molar-refractivity contribution is -0.119. The highest BCUT2D eigenvalue weighted by atomic mass is 16.3. The Morgan fingerprint density at radius 3 is 2.45 bits per heavy atom. The second-order valence-corrected chi connectivity index (χ2v) is 6.70. The molecule has 22 heavy (non-hydrogen) atoms. The fourth-order valence-electron chi connectivity index (χ4n) is 2.02. The summed E-state index contributed by atoms with van der Waals surface area (Å²) in [5.74, 6) is 0.760. The van der Waals surface area contributed by atoms with Gasteiger partial charge in [-0.1, -0.05) is 55.9 Å². The van der Waals surface area contributed by atoms with Gasteiger partial charge in [0.25, 0.3) is 0 Å². The summed E-state index contributed by atoms with van der Waals surface area (Å²) in [4.78, 5) is 11.7. The van der Waals surface area contributed by atoms with Crippen molar-refractivity contribution in [1.29, 1.82) is 0 Å². The SMILES string of the molecule is C=CC(C)(O)C=CC=C(C)CCC=C(C)CC(=O)CC(C)C. The van der Waals surface area contributed by atoms with E-state index in [0.717, 1.165) is 18.4 Å². The minimum atomic E-state index is -0.954. The van der Waals surface area contributed by atoms with Crippen molar-refractivity contribution in [3.63, 3.8) is 0 Å². The van der Waals surface area contributed by atoms with Crippen molar-refractivity contribution in [2.75, 3.05) is 0 Å². The molecule has 2 nitrogen and oxygen atoms in total. The van der Waals surface area contributed by atoms with Crippen LogP contribution in [0.15, 0.2) is 48.1 Å². The number of hydrogen-bond acceptors (Lipinski definition) is 2. The van der Waals surface area contributed by atoms with Crippen LogP contribution in [-0.4, -0.2) is 16.5 Å². The van der Waals surface area contributed by atoms with Gasteiger partial charge >= 0.3 is 0 Å². The highest BCUT2D eigenvalue weighted by Crippen LogP contribution is 2.12. The highest BCUT2D eigenvalue weighted by molar-refractivity contribution is 5.80. The Labute approximate surface area is 136 Å². The van der Waals surface area contributed by atoms with Crippen LogP contribution < -0.4 is 0 Å². The van der Waals surface area contributed by atoms with Crippen molar-refractivity contribution in [3.05, 3.63) is 48.1 Å². The lowest BCUT2D eigenvalue weighted by Crippen LogP contribution is -2.15. The van der Waals surface area contributed by atoms with Gasteiger partial charge in [-0.2, -0.15) is 0 Å². The summed E-state index contributed by atoms with van der Waals surface area (Å²) in [5.41, 5.74) is 1.45. The van der Waals surface area contributed by atoms with Crippen LogP contribution in [0.5, 0.6) is 0 Å². The Morgan fingerprint density at radius 1 is 1.27 bits per heavy atom. The molecule has 2 heteroatoms. The Morgan fingerprint density at radius 2 is 1.91 bits per heavy atom. The molecule has 124 valence electrons. The first-order valence-electron chi connectivity index (χ1n) is 8.04. The molecule has 0 heterocycles. The fraction of sp³-hybridized carbons (Fsp3) is 0.550. The Kier molecular flexibility index (Phi) is 9.68. The van der Waals surface area contributed by atoms with Gasteiger partial charge in [0.05, 0.1) is 5.60 Å². The van der Waals surface area contributed by atoms with Crippen LogP contribution in [0.4, 0.5) is 0 Å². The van der Waals surface area contributed by atoms with Gasteiger partial charge in [0.1, 0.15) is 5.78 Å². The molecule has 0 rings (SSSR count). The maximum atomic E-state index is 11.7. The third kappa shape index (κ3) is 11.3. The number of carbonyl (C=O) groups excluding carboxylic acids is 1. The van der Waals surface area contributed by atoms with E-state index in [4.69, 9.17) is 0 Å². The zero-order valence-corrected chi connectivity index (χ0v) is 14.9. The molecule has 0 saturated heterocycles. The number of aliphatic hydroxyl groups is 1. The van der Waals surface area contributed by atoms with Gasteiger partial charge in [0.2, 0.25) is 0 Å². The van der Waals surface area contributed by atoms with E-state index in [2.05, 4.69) is 33.4 Å². The van der Waals surface area contributed by atoms with E-state index in [1.54, 1.807) is 13.0 Å². The maximum Gasteiger partial charge on any atom is 0.137 e. The number of hydrogen-bond donors (Lipinski definition) is 1. The molecule has 0 amide bonds. The molecule has 0 aliphatic carbocycles. The molecule has 0 aromatic rings. The smallest absolute Gasteiger partial charge is 0.137 e. The Bertz CT molecular complexity index is 448. The quantitative estimate of drug-likeness (QED) is 0.447. The summed E-state index contributed by atoms with van der Waals surface area (Å²) in [6.45, 7) is 13.5. The first kappa shape index (κ1) is 20.6.